The molecule has 2 aromatic rings. The molecule has 156 valence electrons. The molecule has 7 nitrogen and oxygen atoms in total. The number of hydrogen-bond acceptors (Lipinski definition) is 6. The number of esters is 1. The lowest BCUT2D eigenvalue weighted by Crippen LogP contribution is -2.15. The first-order valence-electron chi connectivity index (χ1n) is 8.73. The van der Waals surface area contributed by atoms with Crippen LogP contribution < -0.4 is 14.8 Å². The van der Waals surface area contributed by atoms with Gasteiger partial charge in [0.1, 0.15) is 11.6 Å². The van der Waals surface area contributed by atoms with Gasteiger partial charge in [0.25, 0.3) is 5.91 Å². The Morgan fingerprint density at radius 3 is 2.57 bits per heavy atom. The summed E-state index contributed by atoms with van der Waals surface area (Å²) in [6, 6.07) is 11.5. The monoisotopic (exact) mass is 448 g/mol. The highest BCUT2D eigenvalue weighted by Gasteiger charge is 2.16. The van der Waals surface area contributed by atoms with Crippen LogP contribution in [0.2, 0.25) is 10.0 Å². The van der Waals surface area contributed by atoms with Crippen LogP contribution in [0.25, 0.3) is 6.08 Å². The molecule has 0 heterocycles. The van der Waals surface area contributed by atoms with Gasteiger partial charge in [0.15, 0.2) is 18.1 Å². The zero-order chi connectivity index (χ0) is 22.1. The Morgan fingerprint density at radius 2 is 1.93 bits per heavy atom. The van der Waals surface area contributed by atoms with Crippen LogP contribution in [0, 0.1) is 11.3 Å². The predicted octanol–water partition coefficient (Wildman–Crippen LogP) is 4.49. The maximum atomic E-state index is 12.4. The van der Waals surface area contributed by atoms with Crippen LogP contribution in [-0.2, 0) is 14.3 Å². The van der Waals surface area contributed by atoms with Gasteiger partial charge >= 0.3 is 5.97 Å². The van der Waals surface area contributed by atoms with Crippen LogP contribution in [0.4, 0.5) is 5.69 Å². The molecule has 0 saturated carbocycles. The van der Waals surface area contributed by atoms with Crippen molar-refractivity contribution in [2.45, 2.75) is 6.92 Å². The highest BCUT2D eigenvalue weighted by molar-refractivity contribution is 6.34. The highest BCUT2D eigenvalue weighted by atomic mass is 35.5. The minimum Gasteiger partial charge on any atom is -0.493 e. The fraction of sp³-hybridized carbons (Fsp3) is 0.190. The second kappa shape index (κ2) is 11.1. The number of carbonyl (C=O) groups excluding carboxylic acids is 2. The molecule has 0 fully saturated rings. The SMILES string of the molecule is CCOC(=O)COc1c(Cl)cc(/C=C(\C#N)C(=O)Nc2ccccc2Cl)cc1OC. The fourth-order valence-electron chi connectivity index (χ4n) is 2.36. The Balaban J connectivity index is 2.26. The Kier molecular flexibility index (Phi) is 8.54. The molecule has 0 aliphatic rings. The van der Waals surface area contributed by atoms with Crippen LogP contribution in [0.15, 0.2) is 42.0 Å². The number of nitrogens with one attached hydrogen (secondary N) is 1. The minimum atomic E-state index is -0.636. The van der Waals surface area contributed by atoms with E-state index in [1.807, 2.05) is 6.07 Å². The lowest BCUT2D eigenvalue weighted by molar-refractivity contribution is -0.145. The van der Waals surface area contributed by atoms with Crippen molar-refractivity contribution in [3.8, 4) is 17.6 Å². The van der Waals surface area contributed by atoms with E-state index in [2.05, 4.69) is 5.32 Å². The van der Waals surface area contributed by atoms with Crippen molar-refractivity contribution in [3.05, 3.63) is 57.6 Å². The number of anilines is 1. The molecule has 0 saturated heterocycles. The molecular formula is C21H18Cl2N2O5. The minimum absolute atomic E-state index is 0.133. The van der Waals surface area contributed by atoms with Gasteiger partial charge in [-0.2, -0.15) is 5.26 Å². The summed E-state index contributed by atoms with van der Waals surface area (Å²) >= 11 is 12.3. The van der Waals surface area contributed by atoms with Gasteiger partial charge in [0.2, 0.25) is 0 Å². The second-order valence-electron chi connectivity index (χ2n) is 5.73. The molecule has 0 unspecified atom stereocenters. The molecule has 30 heavy (non-hydrogen) atoms. The first kappa shape index (κ1) is 23.1. The Labute approximate surface area is 183 Å². The van der Waals surface area contributed by atoms with Crippen molar-refractivity contribution in [1.82, 2.24) is 0 Å². The average molecular weight is 449 g/mol. The molecule has 1 N–H and O–H groups in total. The Hall–Kier alpha value is -3.21. The first-order valence-corrected chi connectivity index (χ1v) is 9.48. The third-order valence-corrected chi connectivity index (χ3v) is 4.30. The highest BCUT2D eigenvalue weighted by Crippen LogP contribution is 2.37. The summed E-state index contributed by atoms with van der Waals surface area (Å²) in [5, 5.41) is 12.5. The zero-order valence-electron chi connectivity index (χ0n) is 16.2. The number of methoxy groups -OCH3 is 1. The summed E-state index contributed by atoms with van der Waals surface area (Å²) in [5.74, 6) is -0.823. The maximum absolute atomic E-state index is 12.4. The molecule has 0 spiro atoms. The van der Waals surface area contributed by atoms with Crippen molar-refractivity contribution in [2.75, 3.05) is 25.6 Å². The average Bonchev–Trinajstić information content (AvgIpc) is 2.72. The molecule has 0 aromatic heterocycles. The molecule has 0 radical (unpaired) electrons. The van der Waals surface area contributed by atoms with E-state index in [0.29, 0.717) is 16.3 Å². The smallest absolute Gasteiger partial charge is 0.344 e. The number of amides is 1. The van der Waals surface area contributed by atoms with Crippen LogP contribution in [-0.4, -0.2) is 32.2 Å². The van der Waals surface area contributed by atoms with E-state index < -0.39 is 11.9 Å². The largest absolute Gasteiger partial charge is 0.493 e. The van der Waals surface area contributed by atoms with Crippen LogP contribution >= 0.6 is 23.2 Å². The summed E-state index contributed by atoms with van der Waals surface area (Å²) in [6.45, 7) is 1.56. The van der Waals surface area contributed by atoms with Crippen LogP contribution in [0.3, 0.4) is 0 Å². The maximum Gasteiger partial charge on any atom is 0.344 e. The number of halogens is 2. The van der Waals surface area contributed by atoms with E-state index in [0.717, 1.165) is 0 Å². The van der Waals surface area contributed by atoms with Gasteiger partial charge in [-0.25, -0.2) is 4.79 Å². The van der Waals surface area contributed by atoms with Crippen molar-refractivity contribution in [1.29, 1.82) is 5.26 Å². The number of carbonyl (C=O) groups is 2. The molecule has 0 atom stereocenters. The zero-order valence-corrected chi connectivity index (χ0v) is 17.7. The summed E-state index contributed by atoms with van der Waals surface area (Å²) in [7, 11) is 1.39. The first-order chi connectivity index (χ1) is 14.4. The normalized spacial score (nSPS) is 10.7. The summed E-state index contributed by atoms with van der Waals surface area (Å²) in [6.07, 6.45) is 1.34. The number of nitriles is 1. The van der Waals surface area contributed by atoms with Crippen LogP contribution in [0.1, 0.15) is 12.5 Å². The predicted molar refractivity (Wildman–Crippen MR) is 114 cm³/mol. The molecule has 1 amide bonds. The quantitative estimate of drug-likeness (QED) is 0.362. The number of para-hydroxylation sites is 1. The second-order valence-corrected chi connectivity index (χ2v) is 6.55. The van der Waals surface area contributed by atoms with E-state index in [-0.39, 0.29) is 35.3 Å². The van der Waals surface area contributed by atoms with Gasteiger partial charge in [-0.1, -0.05) is 35.3 Å². The van der Waals surface area contributed by atoms with Crippen molar-refractivity contribution < 1.29 is 23.8 Å². The molecular weight excluding hydrogens is 431 g/mol. The topological polar surface area (TPSA) is 97.7 Å². The van der Waals surface area contributed by atoms with Crippen molar-refractivity contribution in [3.63, 3.8) is 0 Å². The molecule has 2 rings (SSSR count). The lowest BCUT2D eigenvalue weighted by atomic mass is 10.1. The molecule has 9 heteroatoms. The number of hydrogen-bond donors (Lipinski definition) is 1. The lowest BCUT2D eigenvalue weighted by Gasteiger charge is -2.13. The standard InChI is InChI=1S/C21H18Cl2N2O5/c1-3-29-19(26)12-30-20-16(23)9-13(10-18(20)28-2)8-14(11-24)21(27)25-17-7-5-4-6-15(17)22/h4-10H,3,12H2,1-2H3,(H,25,27)/b14-8+. The van der Waals surface area contributed by atoms with Gasteiger partial charge < -0.3 is 19.5 Å². The summed E-state index contributed by atoms with van der Waals surface area (Å²) in [5.41, 5.74) is 0.628. The number of benzene rings is 2. The molecule has 0 aliphatic carbocycles. The molecule has 0 bridgehead atoms. The van der Waals surface area contributed by atoms with Crippen molar-refractivity contribution >= 4 is 46.8 Å². The summed E-state index contributed by atoms with van der Waals surface area (Å²) in [4.78, 5) is 23.9. The van der Waals surface area contributed by atoms with Gasteiger partial charge in [0.05, 0.1) is 29.4 Å². The Bertz CT molecular complexity index is 1010. The number of ether oxygens (including phenoxy) is 3. The summed E-state index contributed by atoms with van der Waals surface area (Å²) < 4.78 is 15.4. The Morgan fingerprint density at radius 1 is 1.20 bits per heavy atom. The van der Waals surface area contributed by atoms with Gasteiger partial charge in [-0.3, -0.25) is 4.79 Å². The fourth-order valence-corrected chi connectivity index (χ4v) is 2.82. The van der Waals surface area contributed by atoms with Gasteiger partial charge in [0, 0.05) is 0 Å². The number of rotatable bonds is 8. The van der Waals surface area contributed by atoms with E-state index in [9.17, 15) is 14.9 Å². The molecule has 0 aliphatic heterocycles. The van der Waals surface area contributed by atoms with Crippen molar-refractivity contribution in [2.24, 2.45) is 0 Å². The van der Waals surface area contributed by atoms with Gasteiger partial charge in [-0.15, -0.1) is 0 Å². The third kappa shape index (κ3) is 6.14. The van der Waals surface area contributed by atoms with E-state index in [1.54, 1.807) is 31.2 Å². The van der Waals surface area contributed by atoms with E-state index in [1.165, 1.54) is 25.3 Å². The van der Waals surface area contributed by atoms with E-state index >= 15 is 0 Å². The van der Waals surface area contributed by atoms with Crippen LogP contribution in [0.5, 0.6) is 11.5 Å². The number of nitrogens with zero attached hydrogens (tertiary/aromatic N) is 1. The van der Waals surface area contributed by atoms with Gasteiger partial charge in [-0.05, 0) is 42.8 Å². The third-order valence-electron chi connectivity index (χ3n) is 3.69. The molecule has 2 aromatic carbocycles. The van der Waals surface area contributed by atoms with E-state index in [4.69, 9.17) is 37.4 Å².